The summed E-state index contributed by atoms with van der Waals surface area (Å²) in [5.74, 6) is -0.148. The van der Waals surface area contributed by atoms with E-state index in [1.54, 1.807) is 31.2 Å². The molecular weight excluding hydrogens is 242 g/mol. The molecule has 0 radical (unpaired) electrons. The second-order valence-electron chi connectivity index (χ2n) is 4.21. The van der Waals surface area contributed by atoms with Gasteiger partial charge in [-0.1, -0.05) is 13.0 Å². The van der Waals surface area contributed by atoms with Gasteiger partial charge in [-0.15, -0.1) is 0 Å². The standard InChI is InChI=1S/C14H19N3O2/c1-3-17(7-8-18)11(2)14(19)16-13-6-4-5-12(9-13)10-15/h4-6,9,11,18H,3,7-8H2,1-2H3,(H,16,19). The predicted octanol–water partition coefficient (Wildman–Crippen LogP) is 1.20. The molecule has 1 aromatic rings. The molecule has 0 heterocycles. The normalized spacial score (nSPS) is 11.9. The van der Waals surface area contributed by atoms with Crippen molar-refractivity contribution in [3.63, 3.8) is 0 Å². The van der Waals surface area contributed by atoms with Gasteiger partial charge in [-0.2, -0.15) is 5.26 Å². The summed E-state index contributed by atoms with van der Waals surface area (Å²) >= 11 is 0. The van der Waals surface area contributed by atoms with Crippen molar-refractivity contribution < 1.29 is 9.90 Å². The molecule has 0 saturated carbocycles. The first kappa shape index (κ1) is 15.2. The van der Waals surface area contributed by atoms with Crippen molar-refractivity contribution in [1.82, 2.24) is 4.90 Å². The molecule has 1 amide bonds. The number of amides is 1. The number of nitrogens with zero attached hydrogens (tertiary/aromatic N) is 2. The molecule has 2 N–H and O–H groups in total. The number of benzene rings is 1. The van der Waals surface area contributed by atoms with Gasteiger partial charge in [0.25, 0.3) is 0 Å². The van der Waals surface area contributed by atoms with Crippen molar-refractivity contribution >= 4 is 11.6 Å². The van der Waals surface area contributed by atoms with Crippen LogP contribution in [0.4, 0.5) is 5.69 Å². The van der Waals surface area contributed by atoms with Gasteiger partial charge in [0.1, 0.15) is 0 Å². The number of aliphatic hydroxyl groups excluding tert-OH is 1. The fourth-order valence-corrected chi connectivity index (χ4v) is 1.83. The number of rotatable bonds is 6. The van der Waals surface area contributed by atoms with Crippen LogP contribution in [0, 0.1) is 11.3 Å². The van der Waals surface area contributed by atoms with Crippen molar-refractivity contribution in [2.75, 3.05) is 25.0 Å². The minimum Gasteiger partial charge on any atom is -0.395 e. The third kappa shape index (κ3) is 4.36. The average molecular weight is 261 g/mol. The number of hydrogen-bond acceptors (Lipinski definition) is 4. The lowest BCUT2D eigenvalue weighted by atomic mass is 10.2. The summed E-state index contributed by atoms with van der Waals surface area (Å²) in [6.07, 6.45) is 0. The number of nitriles is 1. The maximum atomic E-state index is 12.1. The lowest BCUT2D eigenvalue weighted by Gasteiger charge is -2.26. The van der Waals surface area contributed by atoms with E-state index in [-0.39, 0.29) is 18.6 Å². The van der Waals surface area contributed by atoms with Gasteiger partial charge in [0, 0.05) is 12.2 Å². The molecule has 0 aliphatic heterocycles. The average Bonchev–Trinajstić information content (AvgIpc) is 2.44. The number of hydrogen-bond donors (Lipinski definition) is 2. The molecule has 5 heteroatoms. The SMILES string of the molecule is CCN(CCO)C(C)C(=O)Nc1cccc(C#N)c1. The molecule has 102 valence electrons. The van der Waals surface area contributed by atoms with Crippen LogP contribution in [0.3, 0.4) is 0 Å². The number of carbonyl (C=O) groups is 1. The fourth-order valence-electron chi connectivity index (χ4n) is 1.83. The highest BCUT2D eigenvalue weighted by Crippen LogP contribution is 2.11. The van der Waals surface area contributed by atoms with E-state index in [0.717, 1.165) is 0 Å². The Hall–Kier alpha value is -1.90. The van der Waals surface area contributed by atoms with Crippen LogP contribution in [0.2, 0.25) is 0 Å². The quantitative estimate of drug-likeness (QED) is 0.806. The first-order chi connectivity index (χ1) is 9.12. The van der Waals surface area contributed by atoms with Crippen LogP contribution in [-0.4, -0.2) is 41.7 Å². The molecular formula is C14H19N3O2. The zero-order chi connectivity index (χ0) is 14.3. The highest BCUT2D eigenvalue weighted by Gasteiger charge is 2.19. The predicted molar refractivity (Wildman–Crippen MR) is 73.6 cm³/mol. The van der Waals surface area contributed by atoms with Gasteiger partial charge in [0.15, 0.2) is 0 Å². The number of aliphatic hydroxyl groups is 1. The Balaban J connectivity index is 2.70. The molecule has 0 spiro atoms. The first-order valence-electron chi connectivity index (χ1n) is 6.28. The van der Waals surface area contributed by atoms with Crippen LogP contribution >= 0.6 is 0 Å². The first-order valence-corrected chi connectivity index (χ1v) is 6.28. The summed E-state index contributed by atoms with van der Waals surface area (Å²) in [5, 5.41) is 20.5. The van der Waals surface area contributed by atoms with Crippen LogP contribution in [-0.2, 0) is 4.79 Å². The van der Waals surface area contributed by atoms with Gasteiger partial charge in [-0.3, -0.25) is 9.69 Å². The van der Waals surface area contributed by atoms with E-state index in [0.29, 0.717) is 24.3 Å². The molecule has 1 unspecified atom stereocenters. The maximum absolute atomic E-state index is 12.1. The van der Waals surface area contributed by atoms with Gasteiger partial charge >= 0.3 is 0 Å². The third-order valence-corrected chi connectivity index (χ3v) is 2.98. The van der Waals surface area contributed by atoms with E-state index in [9.17, 15) is 4.79 Å². The molecule has 5 nitrogen and oxygen atoms in total. The third-order valence-electron chi connectivity index (χ3n) is 2.98. The summed E-state index contributed by atoms with van der Waals surface area (Å²) in [6.45, 7) is 4.91. The summed E-state index contributed by atoms with van der Waals surface area (Å²) in [7, 11) is 0. The molecule has 0 aliphatic carbocycles. The highest BCUT2D eigenvalue weighted by atomic mass is 16.3. The molecule has 0 aliphatic rings. The van der Waals surface area contributed by atoms with Gasteiger partial charge in [0.2, 0.25) is 5.91 Å². The Morgan fingerprint density at radius 2 is 2.32 bits per heavy atom. The number of nitrogens with one attached hydrogen (secondary N) is 1. The molecule has 1 rings (SSSR count). The van der Waals surface area contributed by atoms with Crippen molar-refractivity contribution in [2.45, 2.75) is 19.9 Å². The summed E-state index contributed by atoms with van der Waals surface area (Å²) < 4.78 is 0. The fraction of sp³-hybridized carbons (Fsp3) is 0.429. The van der Waals surface area contributed by atoms with E-state index >= 15 is 0 Å². The maximum Gasteiger partial charge on any atom is 0.241 e. The smallest absolute Gasteiger partial charge is 0.241 e. The van der Waals surface area contributed by atoms with Gasteiger partial charge in [-0.05, 0) is 31.7 Å². The second kappa shape index (κ2) is 7.52. The monoisotopic (exact) mass is 261 g/mol. The van der Waals surface area contributed by atoms with E-state index in [4.69, 9.17) is 10.4 Å². The topological polar surface area (TPSA) is 76.4 Å². The Kier molecular flexibility index (Phi) is 6.00. The number of likely N-dealkylation sites (N-methyl/N-ethyl adjacent to an activating group) is 1. The minimum atomic E-state index is -0.331. The molecule has 0 aromatic heterocycles. The molecule has 19 heavy (non-hydrogen) atoms. The zero-order valence-electron chi connectivity index (χ0n) is 11.3. The van der Waals surface area contributed by atoms with Crippen molar-refractivity contribution in [1.29, 1.82) is 5.26 Å². The molecule has 0 bridgehead atoms. The second-order valence-corrected chi connectivity index (χ2v) is 4.21. The molecule has 1 aromatic carbocycles. The van der Waals surface area contributed by atoms with Crippen LogP contribution in [0.1, 0.15) is 19.4 Å². The van der Waals surface area contributed by atoms with Gasteiger partial charge in [0.05, 0.1) is 24.3 Å². The molecule has 1 atom stereocenters. The minimum absolute atomic E-state index is 0.0232. The van der Waals surface area contributed by atoms with Crippen molar-refractivity contribution in [3.05, 3.63) is 29.8 Å². The Morgan fingerprint density at radius 3 is 2.89 bits per heavy atom. The van der Waals surface area contributed by atoms with E-state index in [1.807, 2.05) is 17.9 Å². The lowest BCUT2D eigenvalue weighted by molar-refractivity contribution is -0.120. The van der Waals surface area contributed by atoms with E-state index in [2.05, 4.69) is 5.32 Å². The Bertz CT molecular complexity index is 468. The zero-order valence-corrected chi connectivity index (χ0v) is 11.3. The van der Waals surface area contributed by atoms with Crippen LogP contribution in [0.5, 0.6) is 0 Å². The summed E-state index contributed by atoms with van der Waals surface area (Å²) in [5.41, 5.74) is 1.11. The summed E-state index contributed by atoms with van der Waals surface area (Å²) in [4.78, 5) is 13.9. The van der Waals surface area contributed by atoms with Crippen molar-refractivity contribution in [3.8, 4) is 6.07 Å². The van der Waals surface area contributed by atoms with Crippen LogP contribution < -0.4 is 5.32 Å². The van der Waals surface area contributed by atoms with Gasteiger partial charge in [-0.25, -0.2) is 0 Å². The van der Waals surface area contributed by atoms with Gasteiger partial charge < -0.3 is 10.4 Å². The molecule has 0 fully saturated rings. The van der Waals surface area contributed by atoms with Crippen LogP contribution in [0.15, 0.2) is 24.3 Å². The lowest BCUT2D eigenvalue weighted by Crippen LogP contribution is -2.43. The number of anilines is 1. The Morgan fingerprint density at radius 1 is 1.58 bits per heavy atom. The van der Waals surface area contributed by atoms with E-state index < -0.39 is 0 Å². The summed E-state index contributed by atoms with van der Waals surface area (Å²) in [6, 6.07) is 8.48. The van der Waals surface area contributed by atoms with Crippen molar-refractivity contribution in [2.24, 2.45) is 0 Å². The largest absolute Gasteiger partial charge is 0.395 e. The Labute approximate surface area is 113 Å². The van der Waals surface area contributed by atoms with E-state index in [1.165, 1.54) is 0 Å². The van der Waals surface area contributed by atoms with Crippen LogP contribution in [0.25, 0.3) is 0 Å². The number of carbonyl (C=O) groups excluding carboxylic acids is 1. The molecule has 0 saturated heterocycles. The highest BCUT2D eigenvalue weighted by molar-refractivity contribution is 5.94.